The topological polar surface area (TPSA) is 78.4 Å². The minimum Gasteiger partial charge on any atom is -0.480 e. The monoisotopic (exact) mass is 268 g/mol. The number of hydrogen-bond acceptors (Lipinski definition) is 3. The molecule has 1 heterocycles. The molecule has 3 N–H and O–H groups in total. The molecule has 1 fully saturated rings. The van der Waals surface area contributed by atoms with Gasteiger partial charge in [-0.1, -0.05) is 0 Å². The van der Waals surface area contributed by atoms with Gasteiger partial charge in [-0.25, -0.2) is 4.79 Å². The van der Waals surface area contributed by atoms with Gasteiger partial charge in [0.25, 0.3) is 0 Å². The smallest absolute Gasteiger partial charge is 0.471 e. The van der Waals surface area contributed by atoms with Crippen LogP contribution in [0.2, 0.25) is 0 Å². The van der Waals surface area contributed by atoms with Crippen LogP contribution in [0.4, 0.5) is 13.2 Å². The van der Waals surface area contributed by atoms with E-state index in [0.29, 0.717) is 25.9 Å². The third-order valence-corrected chi connectivity index (χ3v) is 2.89. The minimum atomic E-state index is -5.05. The van der Waals surface area contributed by atoms with Crippen LogP contribution >= 0.6 is 0 Å². The molecule has 0 saturated carbocycles. The summed E-state index contributed by atoms with van der Waals surface area (Å²) in [5.74, 6) is -3.63. The lowest BCUT2D eigenvalue weighted by Crippen LogP contribution is -2.48. The summed E-state index contributed by atoms with van der Waals surface area (Å²) in [6, 6.07) is -1.48. The molecule has 5 nitrogen and oxygen atoms in total. The van der Waals surface area contributed by atoms with E-state index in [4.69, 9.17) is 5.11 Å². The molecular weight excluding hydrogens is 253 g/mol. The van der Waals surface area contributed by atoms with Crippen molar-refractivity contribution in [3.8, 4) is 0 Å². The number of carboxylic acids is 1. The zero-order valence-corrected chi connectivity index (χ0v) is 9.59. The van der Waals surface area contributed by atoms with E-state index in [1.54, 1.807) is 0 Å². The molecule has 1 aliphatic heterocycles. The van der Waals surface area contributed by atoms with Gasteiger partial charge in [0.1, 0.15) is 6.04 Å². The molecule has 18 heavy (non-hydrogen) atoms. The fourth-order valence-corrected chi connectivity index (χ4v) is 1.91. The summed E-state index contributed by atoms with van der Waals surface area (Å²) < 4.78 is 36.1. The van der Waals surface area contributed by atoms with Crippen LogP contribution in [0, 0.1) is 5.92 Å². The second-order valence-electron chi connectivity index (χ2n) is 4.29. The SMILES string of the molecule is O=C(O)[C@H](CC1CCNCC1)NC(=O)C(F)(F)F. The van der Waals surface area contributed by atoms with E-state index in [0.717, 1.165) is 0 Å². The van der Waals surface area contributed by atoms with Crippen molar-refractivity contribution in [3.63, 3.8) is 0 Å². The first kappa shape index (κ1) is 14.7. The Balaban J connectivity index is 2.54. The molecule has 1 rings (SSSR count). The summed E-state index contributed by atoms with van der Waals surface area (Å²) in [5.41, 5.74) is 0. The zero-order valence-electron chi connectivity index (χ0n) is 9.59. The van der Waals surface area contributed by atoms with Gasteiger partial charge < -0.3 is 15.7 Å². The fraction of sp³-hybridized carbons (Fsp3) is 0.800. The third kappa shape index (κ3) is 4.52. The Morgan fingerprint density at radius 2 is 1.89 bits per heavy atom. The molecule has 0 aromatic rings. The Morgan fingerprint density at radius 1 is 1.33 bits per heavy atom. The van der Waals surface area contributed by atoms with Gasteiger partial charge in [-0.15, -0.1) is 0 Å². The summed E-state index contributed by atoms with van der Waals surface area (Å²) in [7, 11) is 0. The number of alkyl halides is 3. The molecule has 1 aliphatic rings. The van der Waals surface area contributed by atoms with Crippen molar-refractivity contribution >= 4 is 11.9 Å². The Bertz CT molecular complexity index is 314. The molecule has 8 heteroatoms. The van der Waals surface area contributed by atoms with Crippen molar-refractivity contribution < 1.29 is 27.9 Å². The number of carbonyl (C=O) groups excluding carboxylic acids is 1. The molecule has 0 aliphatic carbocycles. The highest BCUT2D eigenvalue weighted by Gasteiger charge is 2.41. The molecule has 104 valence electrons. The Labute approximate surface area is 102 Å². The maximum atomic E-state index is 12.0. The predicted octanol–water partition coefficient (Wildman–Crippen LogP) is 0.508. The normalized spacial score (nSPS) is 19.3. The van der Waals surface area contributed by atoms with E-state index in [-0.39, 0.29) is 12.3 Å². The molecule has 0 aromatic heterocycles. The summed E-state index contributed by atoms with van der Waals surface area (Å²) in [4.78, 5) is 21.5. The third-order valence-electron chi connectivity index (χ3n) is 2.89. The highest BCUT2D eigenvalue weighted by atomic mass is 19.4. The van der Waals surface area contributed by atoms with Crippen LogP contribution in [0.15, 0.2) is 0 Å². The average Bonchev–Trinajstić information content (AvgIpc) is 2.28. The highest BCUT2D eigenvalue weighted by Crippen LogP contribution is 2.20. The quantitative estimate of drug-likeness (QED) is 0.694. The van der Waals surface area contributed by atoms with E-state index in [2.05, 4.69) is 5.32 Å². The lowest BCUT2D eigenvalue weighted by molar-refractivity contribution is -0.175. The standard InChI is InChI=1S/C10H15F3N2O3/c11-10(12,13)9(18)15-7(8(16)17)5-6-1-3-14-4-2-6/h6-7,14H,1-5H2,(H,15,18)(H,16,17)/t7-/m0/s1. The van der Waals surface area contributed by atoms with Gasteiger partial charge in [-0.3, -0.25) is 4.79 Å². The van der Waals surface area contributed by atoms with Crippen LogP contribution in [0.5, 0.6) is 0 Å². The van der Waals surface area contributed by atoms with Gasteiger partial charge in [0.15, 0.2) is 0 Å². The zero-order chi connectivity index (χ0) is 13.8. The van der Waals surface area contributed by atoms with Crippen molar-refractivity contribution in [2.75, 3.05) is 13.1 Å². The first-order chi connectivity index (χ1) is 8.30. The molecule has 0 spiro atoms. The van der Waals surface area contributed by atoms with Crippen molar-refractivity contribution in [1.82, 2.24) is 10.6 Å². The van der Waals surface area contributed by atoms with Crippen LogP contribution in [0.25, 0.3) is 0 Å². The first-order valence-corrected chi connectivity index (χ1v) is 5.62. The van der Waals surface area contributed by atoms with Gasteiger partial charge in [-0.05, 0) is 38.3 Å². The summed E-state index contributed by atoms with van der Waals surface area (Å²) >= 11 is 0. The number of amides is 1. The van der Waals surface area contributed by atoms with Crippen LogP contribution in [0.3, 0.4) is 0 Å². The van der Waals surface area contributed by atoms with Gasteiger partial charge in [0.2, 0.25) is 0 Å². The van der Waals surface area contributed by atoms with E-state index in [1.807, 2.05) is 0 Å². The minimum absolute atomic E-state index is 0.0147. The molecule has 1 atom stereocenters. The van der Waals surface area contributed by atoms with Crippen LogP contribution in [-0.2, 0) is 9.59 Å². The number of carbonyl (C=O) groups is 2. The Morgan fingerprint density at radius 3 is 2.33 bits per heavy atom. The molecule has 0 radical (unpaired) electrons. The van der Waals surface area contributed by atoms with E-state index in [9.17, 15) is 22.8 Å². The second-order valence-corrected chi connectivity index (χ2v) is 4.29. The largest absolute Gasteiger partial charge is 0.480 e. The average molecular weight is 268 g/mol. The first-order valence-electron chi connectivity index (χ1n) is 5.62. The lowest BCUT2D eigenvalue weighted by Gasteiger charge is -2.25. The summed E-state index contributed by atoms with van der Waals surface area (Å²) in [5, 5.41) is 13.4. The van der Waals surface area contributed by atoms with Crippen LogP contribution in [-0.4, -0.2) is 42.3 Å². The number of halogens is 3. The molecular formula is C10H15F3N2O3. The van der Waals surface area contributed by atoms with Gasteiger partial charge in [0.05, 0.1) is 0 Å². The highest BCUT2D eigenvalue weighted by molar-refractivity contribution is 5.86. The van der Waals surface area contributed by atoms with Gasteiger partial charge >= 0.3 is 18.1 Å². The predicted molar refractivity (Wildman–Crippen MR) is 55.8 cm³/mol. The second kappa shape index (κ2) is 6.03. The van der Waals surface area contributed by atoms with E-state index < -0.39 is 24.1 Å². The Kier molecular flexibility index (Phi) is 4.94. The maximum Gasteiger partial charge on any atom is 0.471 e. The lowest BCUT2D eigenvalue weighted by atomic mass is 9.91. The molecule has 0 aromatic carbocycles. The van der Waals surface area contributed by atoms with Crippen molar-refractivity contribution in [2.24, 2.45) is 5.92 Å². The van der Waals surface area contributed by atoms with Crippen molar-refractivity contribution in [1.29, 1.82) is 0 Å². The van der Waals surface area contributed by atoms with E-state index in [1.165, 1.54) is 5.32 Å². The number of hydrogen-bond donors (Lipinski definition) is 3. The van der Waals surface area contributed by atoms with Crippen LogP contribution < -0.4 is 10.6 Å². The molecule has 1 saturated heterocycles. The number of piperidine rings is 1. The van der Waals surface area contributed by atoms with Crippen LogP contribution in [0.1, 0.15) is 19.3 Å². The van der Waals surface area contributed by atoms with Crippen molar-refractivity contribution in [3.05, 3.63) is 0 Å². The summed E-state index contributed by atoms with van der Waals surface area (Å²) in [6.07, 6.45) is -3.63. The summed E-state index contributed by atoms with van der Waals surface area (Å²) in [6.45, 7) is 1.43. The van der Waals surface area contributed by atoms with Gasteiger partial charge in [0, 0.05) is 0 Å². The Hall–Kier alpha value is -1.31. The number of carboxylic acid groups (broad SMARTS) is 1. The molecule has 1 amide bonds. The number of nitrogens with one attached hydrogen (secondary N) is 2. The van der Waals surface area contributed by atoms with E-state index >= 15 is 0 Å². The van der Waals surface area contributed by atoms with Crippen molar-refractivity contribution in [2.45, 2.75) is 31.5 Å². The number of aliphatic carboxylic acids is 1. The maximum absolute atomic E-state index is 12.0. The number of rotatable bonds is 4. The molecule has 0 unspecified atom stereocenters. The van der Waals surface area contributed by atoms with Gasteiger partial charge in [-0.2, -0.15) is 13.2 Å². The fourth-order valence-electron chi connectivity index (χ4n) is 1.91. The molecule has 0 bridgehead atoms.